The first-order valence-corrected chi connectivity index (χ1v) is 13.0. The summed E-state index contributed by atoms with van der Waals surface area (Å²) >= 11 is 1.99. The van der Waals surface area contributed by atoms with Crippen LogP contribution in [0.5, 0.6) is 5.75 Å². The van der Waals surface area contributed by atoms with Gasteiger partial charge in [0.15, 0.2) is 0 Å². The predicted octanol–water partition coefficient (Wildman–Crippen LogP) is 5.26. The molecular weight excluding hydrogens is 442 g/mol. The van der Waals surface area contributed by atoms with E-state index in [4.69, 9.17) is 4.74 Å². The van der Waals surface area contributed by atoms with Gasteiger partial charge < -0.3 is 14.2 Å². The summed E-state index contributed by atoms with van der Waals surface area (Å²) in [4.78, 5) is 18.6. The highest BCUT2D eigenvalue weighted by Crippen LogP contribution is 2.38. The predicted molar refractivity (Wildman–Crippen MR) is 135 cm³/mol. The quantitative estimate of drug-likeness (QED) is 0.601. The Kier molecular flexibility index (Phi) is 7.04. The molecule has 0 N–H and O–H groups in total. The average molecular weight is 478 g/mol. The van der Waals surface area contributed by atoms with Crippen LogP contribution in [0.3, 0.4) is 0 Å². The first-order chi connectivity index (χ1) is 15.0. The van der Waals surface area contributed by atoms with E-state index in [1.54, 1.807) is 7.11 Å². The highest BCUT2D eigenvalue weighted by molar-refractivity contribution is 7.99. The molecule has 5 rings (SSSR count). The van der Waals surface area contributed by atoms with Gasteiger partial charge in [0.05, 0.1) is 18.2 Å². The summed E-state index contributed by atoms with van der Waals surface area (Å²) in [6, 6.07) is 6.35. The number of rotatable bonds is 4. The third-order valence-corrected chi connectivity index (χ3v) is 9.02. The highest BCUT2D eigenvalue weighted by atomic mass is 35.5. The Labute approximate surface area is 202 Å². The lowest BCUT2D eigenvalue weighted by Crippen LogP contribution is -2.63. The van der Waals surface area contributed by atoms with Gasteiger partial charge in [0.1, 0.15) is 5.75 Å². The van der Waals surface area contributed by atoms with Crippen molar-refractivity contribution >= 4 is 41.0 Å². The minimum Gasteiger partial charge on any atom is -0.495 e. The van der Waals surface area contributed by atoms with Crippen molar-refractivity contribution in [3.63, 3.8) is 0 Å². The number of benzene rings is 1. The van der Waals surface area contributed by atoms with Crippen molar-refractivity contribution < 1.29 is 9.53 Å². The summed E-state index contributed by atoms with van der Waals surface area (Å²) in [7, 11) is 1.73. The summed E-state index contributed by atoms with van der Waals surface area (Å²) in [6.45, 7) is 7.25. The number of carbonyl (C=O) groups is 1. The Hall–Kier alpha value is -1.37. The second kappa shape index (κ2) is 9.47. The van der Waals surface area contributed by atoms with Crippen LogP contribution in [0.2, 0.25) is 0 Å². The molecule has 0 spiro atoms. The van der Waals surface area contributed by atoms with Gasteiger partial charge in [-0.3, -0.25) is 9.69 Å². The van der Waals surface area contributed by atoms with Crippen molar-refractivity contribution in [2.24, 2.45) is 5.92 Å². The molecule has 0 bridgehead atoms. The fourth-order valence-corrected chi connectivity index (χ4v) is 7.30. The Bertz CT molecular complexity index is 973. The summed E-state index contributed by atoms with van der Waals surface area (Å²) in [5.41, 5.74) is 2.00. The number of para-hydroxylation sites is 1. The maximum atomic E-state index is 13.9. The Morgan fingerprint density at radius 3 is 2.78 bits per heavy atom. The molecule has 0 unspecified atom stereocenters. The molecule has 2 aromatic rings. The fraction of sp³-hybridized carbons (Fsp3) is 0.640. The molecule has 1 amide bonds. The summed E-state index contributed by atoms with van der Waals surface area (Å²) in [6.07, 6.45) is 8.70. The van der Waals surface area contributed by atoms with Gasteiger partial charge in [-0.1, -0.05) is 31.4 Å². The third kappa shape index (κ3) is 4.14. The van der Waals surface area contributed by atoms with Crippen LogP contribution in [-0.4, -0.2) is 63.7 Å². The van der Waals surface area contributed by atoms with Crippen molar-refractivity contribution in [3.05, 3.63) is 30.0 Å². The smallest absolute Gasteiger partial charge is 0.256 e. The molecule has 0 radical (unpaired) electrons. The lowest BCUT2D eigenvalue weighted by molar-refractivity contribution is 0.0121. The van der Waals surface area contributed by atoms with Crippen LogP contribution in [-0.2, 0) is 6.54 Å². The minimum absolute atomic E-state index is 0. The molecule has 3 heterocycles. The molecule has 1 saturated carbocycles. The van der Waals surface area contributed by atoms with E-state index in [0.29, 0.717) is 5.92 Å². The Morgan fingerprint density at radius 1 is 1.25 bits per heavy atom. The number of methoxy groups -OCH3 is 1. The average Bonchev–Trinajstić information content (AvgIpc) is 3.34. The van der Waals surface area contributed by atoms with E-state index < -0.39 is 0 Å². The molecule has 2 saturated heterocycles. The van der Waals surface area contributed by atoms with Crippen molar-refractivity contribution in [2.45, 2.75) is 64.1 Å². The highest BCUT2D eigenvalue weighted by Gasteiger charge is 2.45. The van der Waals surface area contributed by atoms with E-state index >= 15 is 0 Å². The van der Waals surface area contributed by atoms with E-state index in [-0.39, 0.29) is 29.9 Å². The van der Waals surface area contributed by atoms with Crippen molar-refractivity contribution in [1.82, 2.24) is 14.4 Å². The van der Waals surface area contributed by atoms with E-state index in [0.717, 1.165) is 53.5 Å². The molecule has 3 aliphatic rings. The lowest BCUT2D eigenvalue weighted by atomic mass is 9.89. The summed E-state index contributed by atoms with van der Waals surface area (Å²) < 4.78 is 8.05. The van der Waals surface area contributed by atoms with Crippen LogP contribution in [0.1, 0.15) is 56.3 Å². The molecule has 176 valence electrons. The number of hydrogen-bond acceptors (Lipinski definition) is 4. The van der Waals surface area contributed by atoms with E-state index in [2.05, 4.69) is 40.5 Å². The number of nitrogens with zero attached hydrogens (tertiary/aromatic N) is 3. The summed E-state index contributed by atoms with van der Waals surface area (Å²) in [5.74, 6) is 3.91. The topological polar surface area (TPSA) is 37.7 Å². The van der Waals surface area contributed by atoms with E-state index in [1.807, 2.05) is 23.9 Å². The molecule has 5 nitrogen and oxygen atoms in total. The van der Waals surface area contributed by atoms with Crippen LogP contribution in [0.4, 0.5) is 0 Å². The molecule has 1 aliphatic carbocycles. The van der Waals surface area contributed by atoms with Gasteiger partial charge in [-0.15, -0.1) is 24.2 Å². The maximum absolute atomic E-state index is 13.9. The SMILES string of the molecule is COc1cccc2c(C(=O)N3C[C@]4(C)CSCN4C[C@@H]3C)cn(CC3CCCCC3)c12.Cl. The lowest BCUT2D eigenvalue weighted by Gasteiger charge is -2.48. The van der Waals surface area contributed by atoms with Gasteiger partial charge in [0.2, 0.25) is 0 Å². The van der Waals surface area contributed by atoms with Crippen molar-refractivity contribution in [1.29, 1.82) is 0 Å². The van der Waals surface area contributed by atoms with Gasteiger partial charge >= 0.3 is 0 Å². The van der Waals surface area contributed by atoms with E-state index in [1.165, 1.54) is 32.1 Å². The van der Waals surface area contributed by atoms with Gasteiger partial charge in [-0.05, 0) is 38.7 Å². The standard InChI is InChI=1S/C25H35N3O2S.ClH/c1-18-12-27-17-31-16-25(27,2)15-28(18)24(29)21-14-26(13-19-8-5-4-6-9-19)23-20(21)10-7-11-22(23)30-3;/h7,10-11,14,18-19H,4-6,8-9,12-13,15-17H2,1-3H3;1H/t18-,25+;/m0./s1. The Morgan fingerprint density at radius 2 is 2.03 bits per heavy atom. The fourth-order valence-electron chi connectivity index (χ4n) is 5.86. The molecule has 32 heavy (non-hydrogen) atoms. The van der Waals surface area contributed by atoms with Crippen LogP contribution in [0, 0.1) is 5.92 Å². The molecular formula is C25H36ClN3O2S. The zero-order valence-electron chi connectivity index (χ0n) is 19.5. The van der Waals surface area contributed by atoms with Crippen molar-refractivity contribution in [3.8, 4) is 5.75 Å². The van der Waals surface area contributed by atoms with Gasteiger partial charge in [-0.25, -0.2) is 0 Å². The molecule has 1 aromatic heterocycles. The number of thioether (sulfide) groups is 1. The Balaban J connectivity index is 0.00000245. The molecule has 7 heteroatoms. The zero-order valence-corrected chi connectivity index (χ0v) is 21.1. The number of piperazine rings is 1. The number of hydrogen-bond donors (Lipinski definition) is 0. The van der Waals surface area contributed by atoms with E-state index in [9.17, 15) is 4.79 Å². The second-order valence-electron chi connectivity index (χ2n) is 10.0. The van der Waals surface area contributed by atoms with Crippen molar-refractivity contribution in [2.75, 3.05) is 31.8 Å². The summed E-state index contributed by atoms with van der Waals surface area (Å²) in [5, 5.41) is 1.03. The second-order valence-corrected chi connectivity index (χ2v) is 11.0. The zero-order chi connectivity index (χ0) is 21.6. The van der Waals surface area contributed by atoms with Gasteiger partial charge in [-0.2, -0.15) is 0 Å². The van der Waals surface area contributed by atoms with Gasteiger partial charge in [0.25, 0.3) is 5.91 Å². The largest absolute Gasteiger partial charge is 0.495 e. The number of fused-ring (bicyclic) bond motifs is 2. The first-order valence-electron chi connectivity index (χ1n) is 11.8. The van der Waals surface area contributed by atoms with Gasteiger partial charge in [0, 0.05) is 54.4 Å². The maximum Gasteiger partial charge on any atom is 0.256 e. The third-order valence-electron chi connectivity index (χ3n) is 7.70. The van der Waals surface area contributed by atoms with Crippen LogP contribution in [0.25, 0.3) is 10.9 Å². The molecule has 3 fully saturated rings. The normalized spacial score (nSPS) is 26.7. The number of halogens is 1. The monoisotopic (exact) mass is 477 g/mol. The van der Waals surface area contributed by atoms with Crippen LogP contribution in [0.15, 0.2) is 24.4 Å². The minimum atomic E-state index is 0. The first kappa shape index (κ1) is 23.8. The molecule has 2 atom stereocenters. The molecule has 1 aromatic carbocycles. The molecule has 2 aliphatic heterocycles. The number of ether oxygens (including phenoxy) is 1. The number of carbonyl (C=O) groups excluding carboxylic acids is 1. The number of aromatic nitrogens is 1. The van der Waals surface area contributed by atoms with Crippen LogP contribution >= 0.6 is 24.2 Å². The number of amides is 1. The van der Waals surface area contributed by atoms with Crippen LogP contribution < -0.4 is 4.74 Å².